The second-order valence-electron chi connectivity index (χ2n) is 3.17. The number of benzene rings is 1. The lowest BCUT2D eigenvalue weighted by molar-refractivity contribution is 0.596. The fraction of sp³-hybridized carbons (Fsp3) is 0.300. The topological polar surface area (TPSA) is 46.5 Å². The van der Waals surface area contributed by atoms with Crippen LogP contribution in [0, 0.1) is 6.92 Å². The van der Waals surface area contributed by atoms with Crippen molar-refractivity contribution in [1.82, 2.24) is 0 Å². The molecular weight excluding hydrogens is 266 g/mol. The van der Waals surface area contributed by atoms with Gasteiger partial charge in [-0.2, -0.15) is 0 Å². The van der Waals surface area contributed by atoms with Crippen molar-refractivity contribution < 1.29 is 8.42 Å². The summed E-state index contributed by atoms with van der Waals surface area (Å²) in [7, 11) is -3.37. The van der Waals surface area contributed by atoms with E-state index in [0.717, 1.165) is 5.56 Å². The first-order valence-electron chi connectivity index (χ1n) is 4.49. The van der Waals surface area contributed by atoms with Crippen LogP contribution in [0.3, 0.4) is 0 Å². The van der Waals surface area contributed by atoms with Crippen LogP contribution in [-0.2, 0) is 9.84 Å². The fourth-order valence-electron chi connectivity index (χ4n) is 1.02. The van der Waals surface area contributed by atoms with Crippen LogP contribution in [-0.4, -0.2) is 25.1 Å². The summed E-state index contributed by atoms with van der Waals surface area (Å²) in [6, 6.07) is 6.67. The van der Waals surface area contributed by atoms with Crippen molar-refractivity contribution in [2.24, 2.45) is 4.99 Å². The molecule has 0 aromatic heterocycles. The molecule has 1 aromatic rings. The van der Waals surface area contributed by atoms with Gasteiger partial charge in [-0.3, -0.25) is 4.99 Å². The molecule has 0 aliphatic heterocycles. The van der Waals surface area contributed by atoms with E-state index in [2.05, 4.69) is 4.99 Å². The van der Waals surface area contributed by atoms with Crippen molar-refractivity contribution in [2.75, 3.05) is 12.1 Å². The van der Waals surface area contributed by atoms with Crippen molar-refractivity contribution in [3.05, 3.63) is 29.8 Å². The Balaban J connectivity index is 2.91. The van der Waals surface area contributed by atoms with Gasteiger partial charge in [0.25, 0.3) is 0 Å². The Hall–Kier alpha value is -0.520. The maximum absolute atomic E-state index is 11.8. The van der Waals surface area contributed by atoms with E-state index in [1.54, 1.807) is 30.5 Å². The molecule has 6 heteroatoms. The molecule has 0 saturated heterocycles. The van der Waals surface area contributed by atoms with Gasteiger partial charge in [0.05, 0.1) is 4.90 Å². The highest BCUT2D eigenvalue weighted by molar-refractivity contribution is 8.16. The third-order valence-electron chi connectivity index (χ3n) is 1.91. The van der Waals surface area contributed by atoms with Crippen LogP contribution < -0.4 is 0 Å². The molecule has 0 radical (unpaired) electrons. The van der Waals surface area contributed by atoms with E-state index in [9.17, 15) is 8.42 Å². The molecule has 16 heavy (non-hydrogen) atoms. The van der Waals surface area contributed by atoms with Crippen LogP contribution in [0.15, 0.2) is 34.2 Å². The van der Waals surface area contributed by atoms with Gasteiger partial charge in [-0.25, -0.2) is 8.42 Å². The molecule has 0 heterocycles. The molecule has 0 fully saturated rings. The molecule has 0 spiro atoms. The number of thioether (sulfide) groups is 1. The second kappa shape index (κ2) is 5.70. The second-order valence-corrected chi connectivity index (χ2v) is 6.51. The van der Waals surface area contributed by atoms with Crippen LogP contribution in [0.25, 0.3) is 0 Å². The predicted octanol–water partition coefficient (Wildman–Crippen LogP) is 2.68. The minimum atomic E-state index is -3.37. The van der Waals surface area contributed by atoms with Gasteiger partial charge in [0, 0.05) is 0 Å². The summed E-state index contributed by atoms with van der Waals surface area (Å²) in [4.78, 5) is 4.04. The van der Waals surface area contributed by atoms with Gasteiger partial charge in [-0.05, 0) is 25.3 Å². The van der Waals surface area contributed by atoms with E-state index in [1.165, 1.54) is 11.8 Å². The van der Waals surface area contributed by atoms with Crippen molar-refractivity contribution in [3.63, 3.8) is 0 Å². The Bertz CT molecular complexity index is 480. The lowest BCUT2D eigenvalue weighted by Gasteiger charge is -2.01. The van der Waals surface area contributed by atoms with Gasteiger partial charge < -0.3 is 0 Å². The zero-order chi connectivity index (χ0) is 12.2. The van der Waals surface area contributed by atoms with E-state index in [0.29, 0.717) is 0 Å². The number of nitrogens with zero attached hydrogens (tertiary/aromatic N) is 1. The number of aryl methyl sites for hydroxylation is 1. The highest BCUT2D eigenvalue weighted by Gasteiger charge is 2.13. The van der Waals surface area contributed by atoms with Crippen LogP contribution in [0.2, 0.25) is 0 Å². The Morgan fingerprint density at radius 1 is 1.38 bits per heavy atom. The van der Waals surface area contributed by atoms with E-state index < -0.39 is 9.84 Å². The number of hydrogen-bond donors (Lipinski definition) is 0. The third kappa shape index (κ3) is 3.81. The first-order valence-corrected chi connectivity index (χ1v) is 7.74. The quantitative estimate of drug-likeness (QED) is 0.630. The molecular formula is C10H12ClNO2S2. The summed E-state index contributed by atoms with van der Waals surface area (Å²) in [5.74, 6) is -0.310. The zero-order valence-corrected chi connectivity index (χ0v) is 11.4. The largest absolute Gasteiger partial charge is 0.251 e. The van der Waals surface area contributed by atoms with Crippen molar-refractivity contribution >= 4 is 37.7 Å². The van der Waals surface area contributed by atoms with E-state index >= 15 is 0 Å². The highest BCUT2D eigenvalue weighted by Crippen LogP contribution is 2.13. The van der Waals surface area contributed by atoms with Crippen molar-refractivity contribution in [2.45, 2.75) is 11.8 Å². The van der Waals surface area contributed by atoms with Gasteiger partial charge in [-0.1, -0.05) is 41.1 Å². The molecule has 0 bridgehead atoms. The molecule has 0 aliphatic rings. The Morgan fingerprint density at radius 2 is 1.94 bits per heavy atom. The van der Waals surface area contributed by atoms with Crippen molar-refractivity contribution in [1.29, 1.82) is 0 Å². The van der Waals surface area contributed by atoms with Crippen molar-refractivity contribution in [3.8, 4) is 0 Å². The SMILES string of the molecule is CS/C(Cl)=N/CS(=O)(=O)c1ccc(C)cc1. The maximum Gasteiger partial charge on any atom is 0.198 e. The van der Waals surface area contributed by atoms with Gasteiger partial charge in [-0.15, -0.1) is 0 Å². The zero-order valence-electron chi connectivity index (χ0n) is 8.97. The monoisotopic (exact) mass is 277 g/mol. The van der Waals surface area contributed by atoms with Gasteiger partial charge >= 0.3 is 0 Å². The maximum atomic E-state index is 11.8. The standard InChI is InChI=1S/C10H12ClNO2S2/c1-8-3-5-9(6-4-8)16(13,14)7-12-10(11)15-2/h3-6H,7H2,1-2H3/b12-10+. The molecule has 0 atom stereocenters. The molecule has 3 nitrogen and oxygen atoms in total. The number of aliphatic imine (C=N–C) groups is 1. The first-order chi connectivity index (χ1) is 7.45. The summed E-state index contributed by atoms with van der Waals surface area (Å²) in [5, 5.41) is 0. The minimum Gasteiger partial charge on any atom is -0.251 e. The number of halogens is 1. The first kappa shape index (κ1) is 13.5. The molecule has 0 N–H and O–H groups in total. The summed E-state index contributed by atoms with van der Waals surface area (Å²) < 4.78 is 23.8. The fourth-order valence-corrected chi connectivity index (χ4v) is 2.43. The molecule has 88 valence electrons. The normalized spacial score (nSPS) is 12.8. The average molecular weight is 278 g/mol. The van der Waals surface area contributed by atoms with Gasteiger partial charge in [0.1, 0.15) is 5.88 Å². The predicted molar refractivity (Wildman–Crippen MR) is 70.0 cm³/mol. The van der Waals surface area contributed by atoms with Gasteiger partial charge in [0.15, 0.2) is 14.3 Å². The summed E-state index contributed by atoms with van der Waals surface area (Å²) in [6.45, 7) is 1.90. The summed E-state index contributed by atoms with van der Waals surface area (Å²) >= 11 is 6.85. The molecule has 0 amide bonds. The molecule has 0 aliphatic carbocycles. The molecule has 1 rings (SSSR count). The Labute approximate surface area is 105 Å². The van der Waals surface area contributed by atoms with E-state index in [-0.39, 0.29) is 15.3 Å². The molecule has 1 aromatic carbocycles. The summed E-state index contributed by atoms with van der Waals surface area (Å²) in [5.41, 5.74) is 1.02. The molecule has 0 unspecified atom stereocenters. The number of hydrogen-bond acceptors (Lipinski definition) is 4. The third-order valence-corrected chi connectivity index (χ3v) is 4.42. The molecule has 0 saturated carbocycles. The lowest BCUT2D eigenvalue weighted by Crippen LogP contribution is -2.05. The Kier molecular flexibility index (Phi) is 4.83. The Morgan fingerprint density at radius 3 is 2.44 bits per heavy atom. The lowest BCUT2D eigenvalue weighted by atomic mass is 10.2. The van der Waals surface area contributed by atoms with Crippen LogP contribution in [0.1, 0.15) is 5.56 Å². The summed E-state index contributed by atoms with van der Waals surface area (Å²) in [6.07, 6.45) is 1.74. The highest BCUT2D eigenvalue weighted by atomic mass is 35.5. The minimum absolute atomic E-state index is 0.246. The van der Waals surface area contributed by atoms with Gasteiger partial charge in [0.2, 0.25) is 0 Å². The average Bonchev–Trinajstić information content (AvgIpc) is 2.26. The number of rotatable bonds is 3. The smallest absolute Gasteiger partial charge is 0.198 e. The van der Waals surface area contributed by atoms with Crippen LogP contribution in [0.5, 0.6) is 0 Å². The number of sulfone groups is 1. The van der Waals surface area contributed by atoms with Crippen LogP contribution >= 0.6 is 23.4 Å². The van der Waals surface area contributed by atoms with E-state index in [1.807, 2.05) is 6.92 Å². The van der Waals surface area contributed by atoms with E-state index in [4.69, 9.17) is 11.6 Å². The van der Waals surface area contributed by atoms with Crippen LogP contribution in [0.4, 0.5) is 0 Å².